The summed E-state index contributed by atoms with van der Waals surface area (Å²) < 4.78 is 1.54. The van der Waals surface area contributed by atoms with Crippen molar-refractivity contribution in [1.29, 1.82) is 0 Å². The molecule has 1 saturated carbocycles. The van der Waals surface area contributed by atoms with E-state index >= 15 is 0 Å². The van der Waals surface area contributed by atoms with Crippen LogP contribution in [0.25, 0.3) is 10.2 Å². The van der Waals surface area contributed by atoms with Crippen LogP contribution in [0.2, 0.25) is 0 Å². The molecule has 2 heterocycles. The number of nitrogens with zero attached hydrogens (tertiary/aromatic N) is 2. The molecule has 1 fully saturated rings. The summed E-state index contributed by atoms with van der Waals surface area (Å²) in [6.45, 7) is 4.32. The van der Waals surface area contributed by atoms with Crippen molar-refractivity contribution in [3.05, 3.63) is 27.1 Å². The molecule has 1 aliphatic rings. The normalized spacial score (nSPS) is 14.7. The molecule has 3 rings (SSSR count). The van der Waals surface area contributed by atoms with E-state index in [1.807, 2.05) is 13.8 Å². The second-order valence-electron chi connectivity index (χ2n) is 5.30. The van der Waals surface area contributed by atoms with Gasteiger partial charge in [0.2, 0.25) is 5.91 Å². The average Bonchev–Trinajstić information content (AvgIpc) is 3.16. The minimum atomic E-state index is -0.0453. The third-order valence-corrected chi connectivity index (χ3v) is 4.79. The molecule has 0 saturated heterocycles. The Balaban J connectivity index is 1.81. The van der Waals surface area contributed by atoms with Gasteiger partial charge in [0.25, 0.3) is 5.56 Å². The molecule has 0 aliphatic heterocycles. The summed E-state index contributed by atoms with van der Waals surface area (Å²) in [6.07, 6.45) is 4.02. The molecule has 2 aromatic rings. The van der Waals surface area contributed by atoms with Gasteiger partial charge in [0, 0.05) is 23.9 Å². The molecule has 0 aromatic carbocycles. The lowest BCUT2D eigenvalue weighted by Crippen LogP contribution is -2.28. The quantitative estimate of drug-likeness (QED) is 0.933. The van der Waals surface area contributed by atoms with Crippen molar-refractivity contribution >= 4 is 27.5 Å². The van der Waals surface area contributed by atoms with Gasteiger partial charge < -0.3 is 5.32 Å². The van der Waals surface area contributed by atoms with Crippen molar-refractivity contribution in [2.24, 2.45) is 0 Å². The highest BCUT2D eigenvalue weighted by Gasteiger charge is 2.23. The zero-order chi connectivity index (χ0) is 14.3. The van der Waals surface area contributed by atoms with Gasteiger partial charge in [-0.05, 0) is 32.3 Å². The monoisotopic (exact) mass is 291 g/mol. The zero-order valence-corrected chi connectivity index (χ0v) is 12.4. The number of thiophene rings is 1. The van der Waals surface area contributed by atoms with E-state index in [2.05, 4.69) is 10.3 Å². The molecule has 1 N–H and O–H groups in total. The van der Waals surface area contributed by atoms with Crippen molar-refractivity contribution in [3.8, 4) is 0 Å². The van der Waals surface area contributed by atoms with Gasteiger partial charge >= 0.3 is 0 Å². The van der Waals surface area contributed by atoms with E-state index in [0.717, 1.165) is 28.1 Å². The Kier molecular flexibility index (Phi) is 3.33. The number of carbonyl (C=O) groups excluding carboxylic acids is 1. The number of hydrogen-bond acceptors (Lipinski definition) is 4. The number of aryl methyl sites for hydroxylation is 3. The van der Waals surface area contributed by atoms with Crippen LogP contribution in [0.15, 0.2) is 11.1 Å². The lowest BCUT2D eigenvalue weighted by Gasteiger charge is -2.06. The molecule has 0 spiro atoms. The third-order valence-electron chi connectivity index (χ3n) is 3.68. The standard InChI is InChI=1S/C14H17N3O2S/c1-8-9(2)20-13-12(8)14(19)17(7-15-13)6-5-11(18)16-10-3-4-10/h7,10H,3-6H2,1-2H3,(H,16,18). The average molecular weight is 291 g/mol. The lowest BCUT2D eigenvalue weighted by atomic mass is 10.2. The first-order chi connectivity index (χ1) is 9.56. The van der Waals surface area contributed by atoms with Gasteiger partial charge in [-0.25, -0.2) is 4.98 Å². The maximum absolute atomic E-state index is 12.4. The Morgan fingerprint density at radius 1 is 1.50 bits per heavy atom. The van der Waals surface area contributed by atoms with Crippen LogP contribution >= 0.6 is 11.3 Å². The highest BCUT2D eigenvalue weighted by Crippen LogP contribution is 2.25. The molecule has 106 valence electrons. The molecule has 0 bridgehead atoms. The van der Waals surface area contributed by atoms with Gasteiger partial charge in [0.05, 0.1) is 11.7 Å². The summed E-state index contributed by atoms with van der Waals surface area (Å²) in [6, 6.07) is 0.363. The first kappa shape index (κ1) is 13.3. The summed E-state index contributed by atoms with van der Waals surface area (Å²) in [5, 5.41) is 3.62. The Labute approximate surface area is 120 Å². The smallest absolute Gasteiger partial charge is 0.262 e. The number of amides is 1. The van der Waals surface area contributed by atoms with E-state index in [1.165, 1.54) is 15.9 Å². The van der Waals surface area contributed by atoms with Crippen LogP contribution < -0.4 is 10.9 Å². The largest absolute Gasteiger partial charge is 0.353 e. The summed E-state index contributed by atoms with van der Waals surface area (Å²) in [7, 11) is 0. The van der Waals surface area contributed by atoms with Crippen molar-refractivity contribution in [2.45, 2.75) is 45.7 Å². The van der Waals surface area contributed by atoms with Crippen LogP contribution in [0, 0.1) is 13.8 Å². The van der Waals surface area contributed by atoms with Gasteiger partial charge in [-0.15, -0.1) is 11.3 Å². The van der Waals surface area contributed by atoms with Gasteiger partial charge in [-0.1, -0.05) is 0 Å². The Morgan fingerprint density at radius 2 is 2.25 bits per heavy atom. The van der Waals surface area contributed by atoms with Crippen molar-refractivity contribution < 1.29 is 4.79 Å². The van der Waals surface area contributed by atoms with E-state index in [4.69, 9.17) is 0 Å². The topological polar surface area (TPSA) is 64.0 Å². The molecule has 5 nitrogen and oxygen atoms in total. The van der Waals surface area contributed by atoms with E-state index < -0.39 is 0 Å². The summed E-state index contributed by atoms with van der Waals surface area (Å²) in [5.74, 6) is 0.0118. The number of nitrogens with one attached hydrogen (secondary N) is 1. The first-order valence-corrected chi connectivity index (χ1v) is 7.62. The van der Waals surface area contributed by atoms with Crippen LogP contribution in [0.1, 0.15) is 29.7 Å². The fraction of sp³-hybridized carbons (Fsp3) is 0.500. The molecule has 0 atom stereocenters. The maximum Gasteiger partial charge on any atom is 0.262 e. The van der Waals surface area contributed by atoms with Crippen molar-refractivity contribution in [1.82, 2.24) is 14.9 Å². The molecule has 0 unspecified atom stereocenters. The SMILES string of the molecule is Cc1sc2ncn(CCC(=O)NC3CC3)c(=O)c2c1C. The third kappa shape index (κ3) is 2.47. The first-order valence-electron chi connectivity index (χ1n) is 6.81. The predicted molar refractivity (Wildman–Crippen MR) is 79.1 cm³/mol. The summed E-state index contributed by atoms with van der Waals surface area (Å²) in [5.41, 5.74) is 0.954. The van der Waals surface area contributed by atoms with E-state index in [9.17, 15) is 9.59 Å². The molecule has 6 heteroatoms. The van der Waals surface area contributed by atoms with Crippen LogP contribution in [-0.2, 0) is 11.3 Å². The molecular weight excluding hydrogens is 274 g/mol. The Morgan fingerprint density at radius 3 is 2.95 bits per heavy atom. The van der Waals surface area contributed by atoms with Crippen molar-refractivity contribution in [2.75, 3.05) is 0 Å². The van der Waals surface area contributed by atoms with E-state index in [1.54, 1.807) is 6.33 Å². The van der Waals surface area contributed by atoms with Crippen LogP contribution in [0.5, 0.6) is 0 Å². The maximum atomic E-state index is 12.4. The number of carbonyl (C=O) groups is 1. The summed E-state index contributed by atoms with van der Waals surface area (Å²) in [4.78, 5) is 30.3. The minimum absolute atomic E-state index is 0.0118. The van der Waals surface area contributed by atoms with E-state index in [-0.39, 0.29) is 11.5 Å². The fourth-order valence-corrected chi connectivity index (χ4v) is 3.17. The van der Waals surface area contributed by atoms with Crippen LogP contribution in [-0.4, -0.2) is 21.5 Å². The highest BCUT2D eigenvalue weighted by molar-refractivity contribution is 7.18. The van der Waals surface area contributed by atoms with Crippen molar-refractivity contribution in [3.63, 3.8) is 0 Å². The Bertz CT molecular complexity index is 728. The highest BCUT2D eigenvalue weighted by atomic mass is 32.1. The molecule has 0 radical (unpaired) electrons. The predicted octanol–water partition coefficient (Wildman–Crippen LogP) is 1.74. The molecule has 20 heavy (non-hydrogen) atoms. The molecule has 2 aromatic heterocycles. The number of fused-ring (bicyclic) bond motifs is 1. The number of rotatable bonds is 4. The van der Waals surface area contributed by atoms with Gasteiger partial charge in [0.15, 0.2) is 0 Å². The second-order valence-corrected chi connectivity index (χ2v) is 6.50. The summed E-state index contributed by atoms with van der Waals surface area (Å²) >= 11 is 1.54. The lowest BCUT2D eigenvalue weighted by molar-refractivity contribution is -0.121. The van der Waals surface area contributed by atoms with Gasteiger partial charge in [0.1, 0.15) is 4.83 Å². The Hall–Kier alpha value is -1.69. The molecule has 1 aliphatic carbocycles. The fourth-order valence-electron chi connectivity index (χ4n) is 2.18. The second kappa shape index (κ2) is 5.01. The molecular formula is C14H17N3O2S. The van der Waals surface area contributed by atoms with Crippen LogP contribution in [0.4, 0.5) is 0 Å². The number of aromatic nitrogens is 2. The van der Waals surface area contributed by atoms with E-state index in [0.29, 0.717) is 24.4 Å². The number of hydrogen-bond donors (Lipinski definition) is 1. The van der Waals surface area contributed by atoms with Gasteiger partial charge in [-0.3, -0.25) is 14.2 Å². The minimum Gasteiger partial charge on any atom is -0.353 e. The van der Waals surface area contributed by atoms with Gasteiger partial charge in [-0.2, -0.15) is 0 Å². The van der Waals surface area contributed by atoms with Crippen LogP contribution in [0.3, 0.4) is 0 Å². The molecule has 1 amide bonds. The zero-order valence-electron chi connectivity index (χ0n) is 11.6.